The first kappa shape index (κ1) is 22.0. The maximum Gasteiger partial charge on any atom is 0.274 e. The highest BCUT2D eigenvalue weighted by Gasteiger charge is 2.44. The molecule has 1 saturated carbocycles. The third-order valence-electron chi connectivity index (χ3n) is 6.49. The quantitative estimate of drug-likeness (QED) is 0.715. The van der Waals surface area contributed by atoms with E-state index in [1.165, 1.54) is 16.8 Å². The van der Waals surface area contributed by atoms with E-state index in [9.17, 15) is 28.3 Å². The first-order valence-electron chi connectivity index (χ1n) is 10.7. The van der Waals surface area contributed by atoms with Gasteiger partial charge in [0.25, 0.3) is 11.8 Å². The number of fused-ring (bicyclic) bond motifs is 1. The fraction of sp³-hybridized carbons (Fsp3) is 0.435. The minimum Gasteiger partial charge on any atom is -0.503 e. The van der Waals surface area contributed by atoms with Crippen molar-refractivity contribution in [3.8, 4) is 5.75 Å². The monoisotopic (exact) mass is 445 g/mol. The van der Waals surface area contributed by atoms with Gasteiger partial charge in [0.1, 0.15) is 17.2 Å². The van der Waals surface area contributed by atoms with Crippen LogP contribution in [-0.2, 0) is 13.1 Å². The van der Waals surface area contributed by atoms with Gasteiger partial charge >= 0.3 is 0 Å². The van der Waals surface area contributed by atoms with Crippen molar-refractivity contribution in [2.45, 2.75) is 45.8 Å². The summed E-state index contributed by atoms with van der Waals surface area (Å²) in [6.45, 7) is 4.64. The molecule has 1 aliphatic carbocycles. The van der Waals surface area contributed by atoms with Crippen LogP contribution in [0, 0.1) is 23.5 Å². The third-order valence-corrected chi connectivity index (χ3v) is 6.49. The van der Waals surface area contributed by atoms with Crippen molar-refractivity contribution in [3.05, 3.63) is 63.1 Å². The molecule has 2 aliphatic rings. The Labute approximate surface area is 183 Å². The summed E-state index contributed by atoms with van der Waals surface area (Å²) in [5.41, 5.74) is -1.38. The van der Waals surface area contributed by atoms with Crippen LogP contribution in [0.5, 0.6) is 5.75 Å². The molecule has 1 fully saturated rings. The Bertz CT molecular complexity index is 1150. The Hall–Kier alpha value is -3.23. The van der Waals surface area contributed by atoms with E-state index in [4.69, 9.17) is 0 Å². The Kier molecular flexibility index (Phi) is 5.75. The minimum atomic E-state index is -0.962. The van der Waals surface area contributed by atoms with Gasteiger partial charge in [0, 0.05) is 43.5 Å². The van der Waals surface area contributed by atoms with Crippen LogP contribution < -0.4 is 10.7 Å². The average molecular weight is 445 g/mol. The molecule has 2 aromatic rings. The number of hydrogen-bond acceptors (Lipinski definition) is 4. The molecular weight excluding hydrogens is 420 g/mol. The Morgan fingerprint density at radius 3 is 2.62 bits per heavy atom. The molecule has 1 aromatic heterocycles. The molecule has 0 bridgehead atoms. The summed E-state index contributed by atoms with van der Waals surface area (Å²) in [6.07, 6.45) is 3.09. The van der Waals surface area contributed by atoms with E-state index in [1.54, 1.807) is 4.90 Å². The molecule has 3 atom stereocenters. The number of carbonyl (C=O) groups excluding carboxylic acids is 2. The Balaban J connectivity index is 1.57. The molecule has 32 heavy (non-hydrogen) atoms. The highest BCUT2D eigenvalue weighted by atomic mass is 19.1. The van der Waals surface area contributed by atoms with E-state index >= 15 is 0 Å². The smallest absolute Gasteiger partial charge is 0.274 e. The van der Waals surface area contributed by atoms with Crippen LogP contribution in [0.15, 0.2) is 29.2 Å². The lowest BCUT2D eigenvalue weighted by molar-refractivity contribution is 0.0571. The van der Waals surface area contributed by atoms with E-state index in [0.717, 1.165) is 18.9 Å². The summed E-state index contributed by atoms with van der Waals surface area (Å²) in [5, 5.41) is 12.9. The molecule has 2 N–H and O–H groups in total. The Morgan fingerprint density at radius 1 is 1.28 bits per heavy atom. The number of nitrogens with zero attached hydrogens (tertiary/aromatic N) is 2. The van der Waals surface area contributed by atoms with Crippen molar-refractivity contribution in [2.75, 3.05) is 6.54 Å². The van der Waals surface area contributed by atoms with Gasteiger partial charge in [-0.25, -0.2) is 8.78 Å². The highest BCUT2D eigenvalue weighted by molar-refractivity contribution is 5.99. The van der Waals surface area contributed by atoms with Crippen LogP contribution in [0.4, 0.5) is 8.78 Å². The number of nitrogens with one attached hydrogen (secondary N) is 1. The molecule has 0 radical (unpaired) electrons. The number of benzene rings is 1. The summed E-state index contributed by atoms with van der Waals surface area (Å²) in [7, 11) is 0. The van der Waals surface area contributed by atoms with E-state index < -0.39 is 34.6 Å². The second-order valence-electron chi connectivity index (χ2n) is 8.53. The number of carbonyl (C=O) groups is 2. The predicted octanol–water partition coefficient (Wildman–Crippen LogP) is 2.65. The van der Waals surface area contributed by atoms with Crippen molar-refractivity contribution in [1.29, 1.82) is 0 Å². The van der Waals surface area contributed by atoms with Crippen molar-refractivity contribution in [1.82, 2.24) is 14.8 Å². The summed E-state index contributed by atoms with van der Waals surface area (Å²) >= 11 is 0. The van der Waals surface area contributed by atoms with Crippen molar-refractivity contribution in [3.63, 3.8) is 0 Å². The third kappa shape index (κ3) is 3.87. The lowest BCUT2D eigenvalue weighted by atomic mass is 10.0. The van der Waals surface area contributed by atoms with Gasteiger partial charge in [0.05, 0.1) is 0 Å². The summed E-state index contributed by atoms with van der Waals surface area (Å²) in [5.74, 6) is -2.61. The van der Waals surface area contributed by atoms with Crippen LogP contribution in [-0.4, -0.2) is 39.0 Å². The van der Waals surface area contributed by atoms with E-state index in [0.29, 0.717) is 31.0 Å². The topological polar surface area (TPSA) is 91.6 Å². The van der Waals surface area contributed by atoms with Crippen LogP contribution in [0.1, 0.15) is 53.1 Å². The van der Waals surface area contributed by atoms with Gasteiger partial charge in [-0.3, -0.25) is 14.4 Å². The van der Waals surface area contributed by atoms with Crippen LogP contribution in [0.25, 0.3) is 0 Å². The van der Waals surface area contributed by atoms with Gasteiger partial charge in [0.15, 0.2) is 11.4 Å². The Morgan fingerprint density at radius 2 is 2.00 bits per heavy atom. The van der Waals surface area contributed by atoms with Gasteiger partial charge in [0.2, 0.25) is 5.43 Å². The van der Waals surface area contributed by atoms with Crippen molar-refractivity contribution >= 4 is 11.8 Å². The van der Waals surface area contributed by atoms with E-state index in [1.807, 2.05) is 6.92 Å². The summed E-state index contributed by atoms with van der Waals surface area (Å²) in [6, 6.07) is 3.01. The van der Waals surface area contributed by atoms with Gasteiger partial charge < -0.3 is 19.9 Å². The molecule has 0 spiro atoms. The minimum absolute atomic E-state index is 0.0489. The van der Waals surface area contributed by atoms with Gasteiger partial charge in [-0.05, 0) is 30.7 Å². The molecule has 3 unspecified atom stereocenters. The molecule has 2 heterocycles. The average Bonchev–Trinajstić information content (AvgIpc) is 3.47. The zero-order valence-corrected chi connectivity index (χ0v) is 17.9. The molecule has 2 amide bonds. The summed E-state index contributed by atoms with van der Waals surface area (Å²) in [4.78, 5) is 40.1. The fourth-order valence-corrected chi connectivity index (χ4v) is 4.56. The van der Waals surface area contributed by atoms with Gasteiger partial charge in [-0.15, -0.1) is 0 Å². The molecule has 4 rings (SSSR count). The highest BCUT2D eigenvalue weighted by Crippen LogP contribution is 2.44. The lowest BCUT2D eigenvalue weighted by Gasteiger charge is -2.36. The molecular formula is C23H25F2N3O4. The van der Waals surface area contributed by atoms with Crippen LogP contribution in [0.3, 0.4) is 0 Å². The summed E-state index contributed by atoms with van der Waals surface area (Å²) < 4.78 is 28.3. The van der Waals surface area contributed by atoms with Gasteiger partial charge in [-0.1, -0.05) is 19.9 Å². The van der Waals surface area contributed by atoms with Crippen LogP contribution in [0.2, 0.25) is 0 Å². The molecule has 9 heteroatoms. The SMILES string of the molecule is CCC(C1CC1C)N1CCn2cc(C(=O)NCc3ccc(F)cc3F)c(=O)c(O)c2C1=O. The predicted molar refractivity (Wildman–Crippen MR) is 112 cm³/mol. The second kappa shape index (κ2) is 8.37. The van der Waals surface area contributed by atoms with Crippen LogP contribution >= 0.6 is 0 Å². The second-order valence-corrected chi connectivity index (χ2v) is 8.53. The molecule has 7 nitrogen and oxygen atoms in total. The zero-order valence-electron chi connectivity index (χ0n) is 17.9. The lowest BCUT2D eigenvalue weighted by Crippen LogP contribution is -2.48. The molecule has 0 saturated heterocycles. The maximum atomic E-state index is 13.8. The first-order chi connectivity index (χ1) is 15.2. The number of halogens is 2. The maximum absolute atomic E-state index is 13.8. The molecule has 1 aromatic carbocycles. The number of rotatable bonds is 6. The number of aromatic hydroxyl groups is 1. The van der Waals surface area contributed by atoms with Gasteiger partial charge in [-0.2, -0.15) is 0 Å². The zero-order chi connectivity index (χ0) is 23.2. The number of hydrogen-bond donors (Lipinski definition) is 2. The molecule has 1 aliphatic heterocycles. The normalized spacial score (nSPS) is 20.6. The molecule has 170 valence electrons. The van der Waals surface area contributed by atoms with E-state index in [2.05, 4.69) is 12.2 Å². The van der Waals surface area contributed by atoms with Crippen molar-refractivity contribution in [2.24, 2.45) is 11.8 Å². The van der Waals surface area contributed by atoms with E-state index in [-0.39, 0.29) is 29.4 Å². The number of pyridine rings is 1. The number of aromatic nitrogens is 1. The number of amides is 2. The largest absolute Gasteiger partial charge is 0.503 e. The first-order valence-corrected chi connectivity index (χ1v) is 10.7. The fourth-order valence-electron chi connectivity index (χ4n) is 4.56. The van der Waals surface area contributed by atoms with Crippen molar-refractivity contribution < 1.29 is 23.5 Å². The standard InChI is InChI=1S/C23H25F2N3O4/c1-3-18(15-8-12(15)2)28-7-6-27-11-16(20(29)21(30)19(27)23(28)32)22(31)26-10-13-4-5-14(24)9-17(13)25/h4-5,9,11-12,15,18,30H,3,6-8,10H2,1-2H3,(H,26,31).